The van der Waals surface area contributed by atoms with E-state index in [0.29, 0.717) is 12.0 Å². The zero-order chi connectivity index (χ0) is 16.4. The van der Waals surface area contributed by atoms with Crippen LogP contribution in [-0.4, -0.2) is 64.6 Å². The molecule has 2 saturated heterocycles. The Morgan fingerprint density at radius 1 is 1.35 bits per heavy atom. The van der Waals surface area contributed by atoms with E-state index in [1.54, 1.807) is 0 Å². The number of urea groups is 1. The van der Waals surface area contributed by atoms with Crippen molar-refractivity contribution < 1.29 is 14.1 Å². The number of likely N-dealkylation sites (tertiary alicyclic amines) is 1. The van der Waals surface area contributed by atoms with Gasteiger partial charge in [-0.3, -0.25) is 4.79 Å². The largest absolute Gasteiger partial charge is 0.363 e. The van der Waals surface area contributed by atoms with E-state index in [-0.39, 0.29) is 24.3 Å². The highest BCUT2D eigenvalue weighted by Crippen LogP contribution is 2.25. The van der Waals surface area contributed by atoms with Gasteiger partial charge >= 0.3 is 6.03 Å². The first-order chi connectivity index (χ1) is 11.0. The second-order valence-electron chi connectivity index (χ2n) is 6.33. The van der Waals surface area contributed by atoms with Crippen molar-refractivity contribution in [1.82, 2.24) is 25.3 Å². The maximum Gasteiger partial charge on any atom is 0.317 e. The third-order valence-corrected chi connectivity index (χ3v) is 4.60. The van der Waals surface area contributed by atoms with E-state index in [1.807, 2.05) is 4.90 Å². The third-order valence-electron chi connectivity index (χ3n) is 4.60. The van der Waals surface area contributed by atoms with Crippen LogP contribution in [0.4, 0.5) is 4.79 Å². The summed E-state index contributed by atoms with van der Waals surface area (Å²) in [5.41, 5.74) is 5.06. The van der Waals surface area contributed by atoms with E-state index in [0.717, 1.165) is 32.5 Å². The Bertz CT molecular complexity index is 589. The summed E-state index contributed by atoms with van der Waals surface area (Å²) >= 11 is 0. The molecule has 23 heavy (non-hydrogen) atoms. The molecule has 2 bridgehead atoms. The normalized spacial score (nSPS) is 25.0. The molecule has 3 N–H and O–H groups in total. The van der Waals surface area contributed by atoms with Gasteiger partial charge in [-0.25, -0.2) is 4.79 Å². The first-order valence-electron chi connectivity index (χ1n) is 7.88. The molecule has 3 amide bonds. The predicted molar refractivity (Wildman–Crippen MR) is 80.4 cm³/mol. The maximum atomic E-state index is 12.4. The van der Waals surface area contributed by atoms with Crippen molar-refractivity contribution in [2.24, 2.45) is 11.7 Å². The Labute approximate surface area is 134 Å². The summed E-state index contributed by atoms with van der Waals surface area (Å²) in [5, 5.41) is 6.22. The first kappa shape index (κ1) is 15.7. The zero-order valence-electron chi connectivity index (χ0n) is 13.2. The van der Waals surface area contributed by atoms with Gasteiger partial charge in [0.1, 0.15) is 0 Å². The van der Waals surface area contributed by atoms with Crippen LogP contribution in [0.3, 0.4) is 0 Å². The van der Waals surface area contributed by atoms with Crippen molar-refractivity contribution >= 4 is 11.9 Å². The molecule has 0 aromatic carbocycles. The fourth-order valence-corrected chi connectivity index (χ4v) is 3.39. The number of rotatable bonds is 3. The number of aromatic nitrogens is 2. The van der Waals surface area contributed by atoms with E-state index in [4.69, 9.17) is 10.3 Å². The quantitative estimate of drug-likeness (QED) is 0.795. The summed E-state index contributed by atoms with van der Waals surface area (Å²) in [5.74, 6) is -0.253. The summed E-state index contributed by atoms with van der Waals surface area (Å²) in [4.78, 5) is 31.4. The lowest BCUT2D eigenvalue weighted by molar-refractivity contribution is 0.0987. The van der Waals surface area contributed by atoms with E-state index < -0.39 is 5.91 Å². The van der Waals surface area contributed by atoms with E-state index in [2.05, 4.69) is 27.4 Å². The number of fused-ring (bicyclic) bond motifs is 3. The highest BCUT2D eigenvalue weighted by atomic mass is 16.5. The number of hydrogen-bond donors (Lipinski definition) is 2. The molecule has 2 aliphatic rings. The first-order valence-corrected chi connectivity index (χ1v) is 7.88. The molecular formula is C14H22N6O3. The SMILES string of the molecule is CN1C[C@@H]2CCC[C@H]1CN(C(=O)NCc1nc(C(N)=O)no1)C2. The molecular weight excluding hydrogens is 300 g/mol. The van der Waals surface area contributed by atoms with Crippen LogP contribution < -0.4 is 11.1 Å². The summed E-state index contributed by atoms with van der Waals surface area (Å²) in [6.07, 6.45) is 3.52. The number of nitrogens with two attached hydrogens (primary N) is 1. The van der Waals surface area contributed by atoms with Gasteiger partial charge < -0.3 is 25.4 Å². The van der Waals surface area contributed by atoms with Crippen LogP contribution in [0, 0.1) is 5.92 Å². The number of likely N-dealkylation sites (N-methyl/N-ethyl adjacent to an activating group) is 1. The smallest absolute Gasteiger partial charge is 0.317 e. The molecule has 9 nitrogen and oxygen atoms in total. The molecule has 0 aliphatic carbocycles. The number of carbonyl (C=O) groups is 2. The lowest BCUT2D eigenvalue weighted by atomic mass is 10.00. The van der Waals surface area contributed by atoms with Gasteiger partial charge in [0.05, 0.1) is 6.54 Å². The second-order valence-corrected chi connectivity index (χ2v) is 6.33. The number of amides is 3. The molecule has 0 unspecified atom stereocenters. The fraction of sp³-hybridized carbons (Fsp3) is 0.714. The Hall–Kier alpha value is -2.16. The molecule has 3 heterocycles. The summed E-state index contributed by atoms with van der Waals surface area (Å²) < 4.78 is 4.88. The topological polar surface area (TPSA) is 118 Å². The second kappa shape index (κ2) is 6.53. The predicted octanol–water partition coefficient (Wildman–Crippen LogP) is -0.206. The monoisotopic (exact) mass is 322 g/mol. The van der Waals surface area contributed by atoms with Crippen molar-refractivity contribution in [1.29, 1.82) is 0 Å². The Morgan fingerprint density at radius 3 is 2.91 bits per heavy atom. The van der Waals surface area contributed by atoms with Crippen LogP contribution in [0.5, 0.6) is 0 Å². The fourth-order valence-electron chi connectivity index (χ4n) is 3.39. The molecule has 0 radical (unpaired) electrons. The Kier molecular flexibility index (Phi) is 4.46. The minimum Gasteiger partial charge on any atom is -0.363 e. The van der Waals surface area contributed by atoms with Gasteiger partial charge in [0.25, 0.3) is 11.7 Å². The Morgan fingerprint density at radius 2 is 2.17 bits per heavy atom. The van der Waals surface area contributed by atoms with Crippen LogP contribution in [0.25, 0.3) is 0 Å². The number of carbonyl (C=O) groups excluding carboxylic acids is 2. The molecule has 3 rings (SSSR count). The number of nitrogens with zero attached hydrogens (tertiary/aromatic N) is 4. The molecule has 0 spiro atoms. The lowest BCUT2D eigenvalue weighted by Gasteiger charge is -2.29. The number of primary amides is 1. The van der Waals surface area contributed by atoms with Gasteiger partial charge in [0, 0.05) is 25.7 Å². The van der Waals surface area contributed by atoms with Crippen molar-refractivity contribution in [2.75, 3.05) is 26.7 Å². The standard InChI is InChI=1S/C14H22N6O3/c1-19-6-9-3-2-4-10(19)8-20(7-9)14(22)16-5-11-17-13(12(15)21)18-23-11/h9-10H,2-8H2,1H3,(H2,15,21)(H,16,22)/t9-,10-/m0/s1. The van der Waals surface area contributed by atoms with Gasteiger partial charge in [-0.1, -0.05) is 11.6 Å². The molecule has 2 aliphatic heterocycles. The minimum atomic E-state index is -0.755. The molecule has 126 valence electrons. The van der Waals surface area contributed by atoms with Gasteiger partial charge in [-0.15, -0.1) is 0 Å². The molecule has 0 saturated carbocycles. The summed E-state index contributed by atoms with van der Waals surface area (Å²) in [6.45, 7) is 2.62. The van der Waals surface area contributed by atoms with E-state index in [1.165, 1.54) is 6.42 Å². The van der Waals surface area contributed by atoms with Crippen LogP contribution in [0.1, 0.15) is 35.8 Å². The summed E-state index contributed by atoms with van der Waals surface area (Å²) in [6, 6.07) is 0.272. The van der Waals surface area contributed by atoms with Crippen molar-refractivity contribution in [3.8, 4) is 0 Å². The van der Waals surface area contributed by atoms with Gasteiger partial charge in [0.15, 0.2) is 0 Å². The van der Waals surface area contributed by atoms with Gasteiger partial charge in [-0.05, 0) is 25.8 Å². The van der Waals surface area contributed by atoms with Gasteiger partial charge in [0.2, 0.25) is 5.89 Å². The third kappa shape index (κ3) is 3.61. The van der Waals surface area contributed by atoms with E-state index >= 15 is 0 Å². The van der Waals surface area contributed by atoms with Crippen molar-refractivity contribution in [3.05, 3.63) is 11.7 Å². The average molecular weight is 322 g/mol. The molecule has 2 atom stereocenters. The number of nitrogens with one attached hydrogen (secondary N) is 1. The van der Waals surface area contributed by atoms with Crippen LogP contribution in [0.15, 0.2) is 4.52 Å². The molecule has 2 fully saturated rings. The van der Waals surface area contributed by atoms with Crippen molar-refractivity contribution in [2.45, 2.75) is 31.8 Å². The highest BCUT2D eigenvalue weighted by Gasteiger charge is 2.32. The number of hydrogen-bond acceptors (Lipinski definition) is 6. The molecule has 1 aromatic rings. The lowest BCUT2D eigenvalue weighted by Crippen LogP contribution is -2.46. The van der Waals surface area contributed by atoms with Crippen molar-refractivity contribution in [3.63, 3.8) is 0 Å². The van der Waals surface area contributed by atoms with Crippen LogP contribution >= 0.6 is 0 Å². The van der Waals surface area contributed by atoms with Crippen LogP contribution in [0.2, 0.25) is 0 Å². The summed E-state index contributed by atoms with van der Waals surface area (Å²) in [7, 11) is 2.13. The molecule has 9 heteroatoms. The Balaban J connectivity index is 1.58. The molecule has 1 aromatic heterocycles. The minimum absolute atomic E-state index is 0.0841. The highest BCUT2D eigenvalue weighted by molar-refractivity contribution is 5.88. The van der Waals surface area contributed by atoms with E-state index in [9.17, 15) is 9.59 Å². The zero-order valence-corrected chi connectivity index (χ0v) is 13.2. The van der Waals surface area contributed by atoms with Crippen LogP contribution in [-0.2, 0) is 6.54 Å². The maximum absolute atomic E-state index is 12.4. The average Bonchev–Trinajstić information content (AvgIpc) is 2.82. The van der Waals surface area contributed by atoms with Gasteiger partial charge in [-0.2, -0.15) is 4.98 Å².